The van der Waals surface area contributed by atoms with Crippen LogP contribution < -0.4 is 10.0 Å². The van der Waals surface area contributed by atoms with Gasteiger partial charge in [0.05, 0.1) is 22.8 Å². The van der Waals surface area contributed by atoms with Gasteiger partial charge in [-0.25, -0.2) is 4.90 Å². The molecule has 22 heavy (non-hydrogen) atoms. The molecule has 0 aromatic heterocycles. The van der Waals surface area contributed by atoms with Gasteiger partial charge in [0, 0.05) is 0 Å². The number of aryl methyl sites for hydroxylation is 2. The van der Waals surface area contributed by atoms with Crippen LogP contribution in [0.2, 0.25) is 0 Å². The summed E-state index contributed by atoms with van der Waals surface area (Å²) in [5, 5.41) is 10.9. The largest absolute Gasteiger partial charge is 0.545 e. The van der Waals surface area contributed by atoms with Crippen molar-refractivity contribution in [3.63, 3.8) is 0 Å². The van der Waals surface area contributed by atoms with Gasteiger partial charge in [-0.2, -0.15) is 0 Å². The highest BCUT2D eigenvalue weighted by Crippen LogP contribution is 2.31. The van der Waals surface area contributed by atoms with Crippen molar-refractivity contribution in [1.29, 1.82) is 0 Å². The van der Waals surface area contributed by atoms with Gasteiger partial charge in [0.25, 0.3) is 11.8 Å². The van der Waals surface area contributed by atoms with Gasteiger partial charge in [0.1, 0.15) is 0 Å². The lowest BCUT2D eigenvalue weighted by molar-refractivity contribution is -0.255. The molecule has 5 heteroatoms. The van der Waals surface area contributed by atoms with Crippen molar-refractivity contribution in [2.75, 3.05) is 4.90 Å². The second-order valence-electron chi connectivity index (χ2n) is 5.28. The number of carbonyl (C=O) groups excluding carboxylic acids is 3. The molecule has 0 atom stereocenters. The van der Waals surface area contributed by atoms with E-state index in [4.69, 9.17) is 0 Å². The topological polar surface area (TPSA) is 77.5 Å². The molecule has 0 fully saturated rings. The molecule has 0 unspecified atom stereocenters. The van der Waals surface area contributed by atoms with Crippen LogP contribution in [0, 0.1) is 13.8 Å². The average Bonchev–Trinajstić information content (AvgIpc) is 2.71. The fraction of sp³-hybridized carbons (Fsp3) is 0.118. The first kappa shape index (κ1) is 14.0. The summed E-state index contributed by atoms with van der Waals surface area (Å²) in [4.78, 5) is 37.0. The second kappa shape index (κ2) is 4.80. The number of aromatic carboxylic acids is 1. The van der Waals surface area contributed by atoms with E-state index in [1.54, 1.807) is 6.07 Å². The minimum atomic E-state index is -1.38. The fourth-order valence-corrected chi connectivity index (χ4v) is 2.64. The summed E-state index contributed by atoms with van der Waals surface area (Å²) in [6, 6.07) is 9.22. The molecular weight excluding hydrogens is 282 g/mol. The van der Waals surface area contributed by atoms with Crippen molar-refractivity contribution in [3.8, 4) is 0 Å². The molecule has 0 radical (unpaired) electrons. The summed E-state index contributed by atoms with van der Waals surface area (Å²) in [6.07, 6.45) is 0. The summed E-state index contributed by atoms with van der Waals surface area (Å²) < 4.78 is 0. The van der Waals surface area contributed by atoms with Crippen LogP contribution in [0.3, 0.4) is 0 Å². The maximum Gasteiger partial charge on any atom is 0.266 e. The van der Waals surface area contributed by atoms with Crippen molar-refractivity contribution in [2.45, 2.75) is 13.8 Å². The highest BCUT2D eigenvalue weighted by Gasteiger charge is 2.37. The van der Waals surface area contributed by atoms with Gasteiger partial charge in [0.2, 0.25) is 0 Å². The van der Waals surface area contributed by atoms with Crippen molar-refractivity contribution < 1.29 is 19.5 Å². The molecule has 0 N–H and O–H groups in total. The molecular formula is C17H12NO4-. The first-order valence-corrected chi connectivity index (χ1v) is 6.71. The van der Waals surface area contributed by atoms with Gasteiger partial charge in [0.15, 0.2) is 0 Å². The Kier molecular flexibility index (Phi) is 3.06. The molecule has 2 amide bonds. The van der Waals surface area contributed by atoms with Crippen molar-refractivity contribution >= 4 is 23.5 Å². The molecule has 0 saturated carbocycles. The third kappa shape index (κ3) is 1.98. The zero-order valence-electron chi connectivity index (χ0n) is 12.0. The lowest BCUT2D eigenvalue weighted by Gasteiger charge is -2.16. The highest BCUT2D eigenvalue weighted by atomic mass is 16.4. The number of rotatable bonds is 2. The second-order valence-corrected chi connectivity index (χ2v) is 5.28. The van der Waals surface area contributed by atoms with Crippen LogP contribution in [0.4, 0.5) is 5.69 Å². The van der Waals surface area contributed by atoms with Gasteiger partial charge < -0.3 is 9.90 Å². The van der Waals surface area contributed by atoms with E-state index in [1.165, 1.54) is 18.2 Å². The Morgan fingerprint density at radius 1 is 0.955 bits per heavy atom. The zero-order valence-corrected chi connectivity index (χ0v) is 12.0. The number of amides is 2. The van der Waals surface area contributed by atoms with E-state index in [2.05, 4.69) is 0 Å². The van der Waals surface area contributed by atoms with E-state index in [1.807, 2.05) is 26.0 Å². The first-order valence-electron chi connectivity index (χ1n) is 6.71. The lowest BCUT2D eigenvalue weighted by atomic mass is 10.1. The maximum absolute atomic E-state index is 12.5. The van der Waals surface area contributed by atoms with Crippen molar-refractivity contribution in [1.82, 2.24) is 0 Å². The number of carbonyl (C=O) groups is 3. The van der Waals surface area contributed by atoms with Gasteiger partial charge in [-0.15, -0.1) is 0 Å². The average molecular weight is 294 g/mol. The predicted octanol–water partition coefficient (Wildman–Crippen LogP) is 1.47. The molecule has 2 aromatic rings. The summed E-state index contributed by atoms with van der Waals surface area (Å²) in [5.74, 6) is -2.35. The predicted molar refractivity (Wildman–Crippen MR) is 77.8 cm³/mol. The molecule has 1 aliphatic heterocycles. The van der Waals surface area contributed by atoms with Gasteiger partial charge in [-0.1, -0.05) is 23.8 Å². The normalized spacial score (nSPS) is 13.5. The van der Waals surface area contributed by atoms with Crippen LogP contribution in [0.5, 0.6) is 0 Å². The lowest BCUT2D eigenvalue weighted by Crippen LogP contribution is -2.30. The van der Waals surface area contributed by atoms with E-state index >= 15 is 0 Å². The number of nitrogens with zero attached hydrogens (tertiary/aromatic N) is 1. The summed E-state index contributed by atoms with van der Waals surface area (Å²) in [7, 11) is 0. The van der Waals surface area contributed by atoms with E-state index in [9.17, 15) is 19.5 Å². The molecule has 5 nitrogen and oxygen atoms in total. The Balaban J connectivity index is 2.12. The molecule has 2 aromatic carbocycles. The van der Waals surface area contributed by atoms with Crippen LogP contribution in [-0.2, 0) is 0 Å². The summed E-state index contributed by atoms with van der Waals surface area (Å²) in [5.41, 5.74) is 2.50. The van der Waals surface area contributed by atoms with Crippen LogP contribution in [0.1, 0.15) is 42.2 Å². The number of carboxylic acids is 1. The Bertz CT molecular complexity index is 839. The maximum atomic E-state index is 12.5. The molecule has 1 aliphatic rings. The fourth-order valence-electron chi connectivity index (χ4n) is 2.64. The zero-order chi connectivity index (χ0) is 16.0. The highest BCUT2D eigenvalue weighted by molar-refractivity contribution is 6.34. The summed E-state index contributed by atoms with van der Waals surface area (Å²) >= 11 is 0. The number of hydrogen-bond donors (Lipinski definition) is 0. The number of hydrogen-bond acceptors (Lipinski definition) is 4. The SMILES string of the molecule is Cc1ccc(N2C(=O)c3ccc(C(=O)[O-])cc3C2=O)c(C)c1. The van der Waals surface area contributed by atoms with Gasteiger partial charge >= 0.3 is 0 Å². The standard InChI is InChI=1S/C17H13NO4/c1-9-3-6-14(10(2)7-9)18-15(19)12-5-4-11(17(21)22)8-13(12)16(18)20/h3-8H,1-2H3,(H,21,22)/p-1. The quantitative estimate of drug-likeness (QED) is 0.786. The Morgan fingerprint density at radius 3 is 2.27 bits per heavy atom. The monoisotopic (exact) mass is 294 g/mol. The Hall–Kier alpha value is -2.95. The molecule has 0 bridgehead atoms. The molecule has 0 aliphatic carbocycles. The molecule has 1 heterocycles. The number of benzene rings is 2. The van der Waals surface area contributed by atoms with Crippen LogP contribution in [-0.4, -0.2) is 17.8 Å². The van der Waals surface area contributed by atoms with Gasteiger partial charge in [-0.3, -0.25) is 9.59 Å². The van der Waals surface area contributed by atoms with E-state index in [0.29, 0.717) is 5.69 Å². The van der Waals surface area contributed by atoms with Crippen LogP contribution in [0.15, 0.2) is 36.4 Å². The van der Waals surface area contributed by atoms with E-state index < -0.39 is 17.8 Å². The summed E-state index contributed by atoms with van der Waals surface area (Å²) in [6.45, 7) is 3.74. The number of carboxylic acid groups (broad SMARTS) is 1. The molecule has 110 valence electrons. The smallest absolute Gasteiger partial charge is 0.266 e. The van der Waals surface area contributed by atoms with Crippen molar-refractivity contribution in [3.05, 3.63) is 64.2 Å². The third-order valence-corrected chi connectivity index (χ3v) is 3.72. The van der Waals surface area contributed by atoms with Gasteiger partial charge in [-0.05, 0) is 43.2 Å². The van der Waals surface area contributed by atoms with E-state index in [0.717, 1.165) is 16.0 Å². The van der Waals surface area contributed by atoms with E-state index in [-0.39, 0.29) is 16.7 Å². The number of fused-ring (bicyclic) bond motifs is 1. The van der Waals surface area contributed by atoms with Crippen LogP contribution >= 0.6 is 0 Å². The minimum absolute atomic E-state index is 0.0895. The minimum Gasteiger partial charge on any atom is -0.545 e. The third-order valence-electron chi connectivity index (χ3n) is 3.72. The Labute approximate surface area is 126 Å². The van der Waals surface area contributed by atoms with Crippen LogP contribution in [0.25, 0.3) is 0 Å². The number of imide groups is 1. The molecule has 3 rings (SSSR count). The molecule has 0 spiro atoms. The Morgan fingerprint density at radius 2 is 1.64 bits per heavy atom. The molecule has 0 saturated heterocycles. The van der Waals surface area contributed by atoms with Crippen molar-refractivity contribution in [2.24, 2.45) is 0 Å². The first-order chi connectivity index (χ1) is 10.4. The number of anilines is 1.